The van der Waals surface area contributed by atoms with E-state index in [1.54, 1.807) is 11.9 Å². The number of carboxylic acid groups (broad SMARTS) is 1. The summed E-state index contributed by atoms with van der Waals surface area (Å²) < 4.78 is 0. The topological polar surface area (TPSA) is 69.6 Å². The van der Waals surface area contributed by atoms with Crippen molar-refractivity contribution < 1.29 is 14.7 Å². The van der Waals surface area contributed by atoms with Crippen molar-refractivity contribution in [3.8, 4) is 0 Å². The van der Waals surface area contributed by atoms with Crippen LogP contribution in [0.15, 0.2) is 12.2 Å². The van der Waals surface area contributed by atoms with Crippen LogP contribution in [0.2, 0.25) is 0 Å². The average molecular weight is 186 g/mol. The molecule has 74 valence electrons. The molecule has 0 saturated heterocycles. The SMILES string of the molecule is C=C(CN(C)CC(=O)NC)C(=O)O. The van der Waals surface area contributed by atoms with Gasteiger partial charge in [-0.2, -0.15) is 0 Å². The molecule has 0 aliphatic heterocycles. The maximum absolute atomic E-state index is 10.8. The van der Waals surface area contributed by atoms with Gasteiger partial charge in [0.2, 0.25) is 5.91 Å². The summed E-state index contributed by atoms with van der Waals surface area (Å²) in [6.07, 6.45) is 0. The van der Waals surface area contributed by atoms with Gasteiger partial charge in [0.25, 0.3) is 0 Å². The second-order valence-corrected chi connectivity index (χ2v) is 2.75. The number of hydrogen-bond donors (Lipinski definition) is 2. The number of nitrogens with zero attached hydrogens (tertiary/aromatic N) is 1. The Morgan fingerprint density at radius 3 is 2.38 bits per heavy atom. The Balaban J connectivity index is 3.87. The molecule has 5 nitrogen and oxygen atoms in total. The van der Waals surface area contributed by atoms with Crippen molar-refractivity contribution in [2.45, 2.75) is 0 Å². The number of nitrogens with one attached hydrogen (secondary N) is 1. The summed E-state index contributed by atoms with van der Waals surface area (Å²) in [6, 6.07) is 0. The number of rotatable bonds is 5. The van der Waals surface area contributed by atoms with Crippen LogP contribution in [-0.4, -0.2) is 49.1 Å². The normalized spacial score (nSPS) is 9.77. The summed E-state index contributed by atoms with van der Waals surface area (Å²) in [5, 5.41) is 10.9. The van der Waals surface area contributed by atoms with Crippen LogP contribution in [0.5, 0.6) is 0 Å². The summed E-state index contributed by atoms with van der Waals surface area (Å²) >= 11 is 0. The van der Waals surface area contributed by atoms with Gasteiger partial charge in [0.1, 0.15) is 0 Å². The Bertz CT molecular complexity index is 225. The molecule has 0 fully saturated rings. The maximum Gasteiger partial charge on any atom is 0.332 e. The highest BCUT2D eigenvalue weighted by Crippen LogP contribution is 1.93. The molecule has 0 aliphatic rings. The second-order valence-electron chi connectivity index (χ2n) is 2.75. The van der Waals surface area contributed by atoms with Gasteiger partial charge in [-0.05, 0) is 7.05 Å². The van der Waals surface area contributed by atoms with Crippen molar-refractivity contribution >= 4 is 11.9 Å². The van der Waals surface area contributed by atoms with Crippen molar-refractivity contribution in [1.82, 2.24) is 10.2 Å². The summed E-state index contributed by atoms with van der Waals surface area (Å²) in [7, 11) is 3.19. The number of carbonyl (C=O) groups excluding carboxylic acids is 1. The molecular weight excluding hydrogens is 172 g/mol. The lowest BCUT2D eigenvalue weighted by Gasteiger charge is -2.14. The van der Waals surface area contributed by atoms with E-state index >= 15 is 0 Å². The van der Waals surface area contributed by atoms with Gasteiger partial charge in [-0.3, -0.25) is 9.69 Å². The number of amides is 1. The Hall–Kier alpha value is -1.36. The summed E-state index contributed by atoms with van der Waals surface area (Å²) in [5.74, 6) is -1.19. The zero-order chi connectivity index (χ0) is 10.4. The zero-order valence-electron chi connectivity index (χ0n) is 7.83. The van der Waals surface area contributed by atoms with E-state index < -0.39 is 5.97 Å². The van der Waals surface area contributed by atoms with Crippen LogP contribution in [0, 0.1) is 0 Å². The van der Waals surface area contributed by atoms with Crippen LogP contribution in [0.25, 0.3) is 0 Å². The highest BCUT2D eigenvalue weighted by molar-refractivity contribution is 5.86. The molecule has 0 saturated carbocycles. The van der Waals surface area contributed by atoms with Crippen LogP contribution in [0.3, 0.4) is 0 Å². The van der Waals surface area contributed by atoms with Crippen molar-refractivity contribution in [3.05, 3.63) is 12.2 Å². The molecule has 0 bridgehead atoms. The lowest BCUT2D eigenvalue weighted by Crippen LogP contribution is -2.34. The third kappa shape index (κ3) is 4.97. The third-order valence-electron chi connectivity index (χ3n) is 1.46. The Kier molecular flexibility index (Phi) is 4.76. The molecule has 0 spiro atoms. The number of carbonyl (C=O) groups is 2. The quantitative estimate of drug-likeness (QED) is 0.557. The molecule has 0 atom stereocenters. The Labute approximate surface area is 77.0 Å². The molecule has 1 amide bonds. The van der Waals surface area contributed by atoms with Crippen LogP contribution >= 0.6 is 0 Å². The van der Waals surface area contributed by atoms with Gasteiger partial charge in [0.05, 0.1) is 6.54 Å². The number of carboxylic acids is 1. The van der Waals surface area contributed by atoms with Crippen LogP contribution in [0.1, 0.15) is 0 Å². The van der Waals surface area contributed by atoms with Gasteiger partial charge >= 0.3 is 5.97 Å². The molecule has 0 rings (SSSR count). The molecule has 0 aromatic rings. The standard InChI is InChI=1S/C8H14N2O3/c1-6(8(12)13)4-10(3)5-7(11)9-2/h1,4-5H2,2-3H3,(H,9,11)(H,12,13). The molecule has 0 heterocycles. The highest BCUT2D eigenvalue weighted by Gasteiger charge is 2.09. The molecule has 0 aliphatic carbocycles. The summed E-state index contributed by atoms with van der Waals surface area (Å²) in [5.41, 5.74) is 0.0754. The minimum Gasteiger partial charge on any atom is -0.478 e. The smallest absolute Gasteiger partial charge is 0.332 e. The van der Waals surface area contributed by atoms with Gasteiger partial charge in [0, 0.05) is 19.2 Å². The second kappa shape index (κ2) is 5.31. The highest BCUT2D eigenvalue weighted by atomic mass is 16.4. The van der Waals surface area contributed by atoms with E-state index in [-0.39, 0.29) is 24.6 Å². The first kappa shape index (κ1) is 11.6. The van der Waals surface area contributed by atoms with Crippen LogP contribution in [0.4, 0.5) is 0 Å². The fourth-order valence-corrected chi connectivity index (χ4v) is 0.774. The lowest BCUT2D eigenvalue weighted by atomic mass is 10.3. The van der Waals surface area contributed by atoms with Crippen molar-refractivity contribution in [2.24, 2.45) is 0 Å². The number of likely N-dealkylation sites (N-methyl/N-ethyl adjacent to an activating group) is 2. The van der Waals surface area contributed by atoms with E-state index in [0.29, 0.717) is 0 Å². The van der Waals surface area contributed by atoms with Gasteiger partial charge in [-0.25, -0.2) is 4.79 Å². The van der Waals surface area contributed by atoms with Gasteiger partial charge < -0.3 is 10.4 Å². The first-order valence-electron chi connectivity index (χ1n) is 3.77. The van der Waals surface area contributed by atoms with Gasteiger partial charge in [0.15, 0.2) is 0 Å². The van der Waals surface area contributed by atoms with E-state index in [2.05, 4.69) is 11.9 Å². The van der Waals surface area contributed by atoms with E-state index in [9.17, 15) is 9.59 Å². The number of hydrogen-bond acceptors (Lipinski definition) is 3. The molecule has 0 aromatic carbocycles. The van der Waals surface area contributed by atoms with E-state index in [4.69, 9.17) is 5.11 Å². The monoisotopic (exact) mass is 186 g/mol. The summed E-state index contributed by atoms with van der Waals surface area (Å²) in [6.45, 7) is 3.71. The van der Waals surface area contributed by atoms with Crippen molar-refractivity contribution in [3.63, 3.8) is 0 Å². The van der Waals surface area contributed by atoms with E-state index in [0.717, 1.165) is 0 Å². The van der Waals surface area contributed by atoms with Crippen LogP contribution < -0.4 is 5.32 Å². The average Bonchev–Trinajstić information content (AvgIpc) is 2.03. The predicted molar refractivity (Wildman–Crippen MR) is 48.3 cm³/mol. The fraction of sp³-hybridized carbons (Fsp3) is 0.500. The van der Waals surface area contributed by atoms with E-state index in [1.165, 1.54) is 7.05 Å². The predicted octanol–water partition coefficient (Wildman–Crippen LogP) is -0.695. The lowest BCUT2D eigenvalue weighted by molar-refractivity contribution is -0.133. The molecule has 0 radical (unpaired) electrons. The maximum atomic E-state index is 10.8. The number of aliphatic carboxylic acids is 1. The molecule has 5 heteroatoms. The molecule has 2 N–H and O–H groups in total. The largest absolute Gasteiger partial charge is 0.478 e. The van der Waals surface area contributed by atoms with Crippen LogP contribution in [-0.2, 0) is 9.59 Å². The summed E-state index contributed by atoms with van der Waals surface area (Å²) in [4.78, 5) is 22.8. The first-order valence-corrected chi connectivity index (χ1v) is 3.77. The first-order chi connectivity index (χ1) is 5.97. The molecule has 13 heavy (non-hydrogen) atoms. The van der Waals surface area contributed by atoms with Crippen molar-refractivity contribution in [1.29, 1.82) is 0 Å². The van der Waals surface area contributed by atoms with E-state index in [1.807, 2.05) is 0 Å². The Morgan fingerprint density at radius 1 is 1.46 bits per heavy atom. The minimum absolute atomic E-state index is 0.0754. The molecule has 0 aromatic heterocycles. The van der Waals surface area contributed by atoms with Crippen molar-refractivity contribution in [2.75, 3.05) is 27.2 Å². The molecular formula is C8H14N2O3. The third-order valence-corrected chi connectivity index (χ3v) is 1.46. The van der Waals surface area contributed by atoms with Gasteiger partial charge in [-0.1, -0.05) is 6.58 Å². The molecule has 0 unspecified atom stereocenters. The zero-order valence-corrected chi connectivity index (χ0v) is 7.83. The Morgan fingerprint density at radius 2 is 2.00 bits per heavy atom. The minimum atomic E-state index is -1.04. The van der Waals surface area contributed by atoms with Gasteiger partial charge in [-0.15, -0.1) is 0 Å². The fourth-order valence-electron chi connectivity index (χ4n) is 0.774.